The Morgan fingerprint density at radius 1 is 1.48 bits per heavy atom. The number of halogens is 1. The summed E-state index contributed by atoms with van der Waals surface area (Å²) in [7, 11) is 0. The predicted molar refractivity (Wildman–Crippen MR) is 94.1 cm³/mol. The molecule has 1 fully saturated rings. The van der Waals surface area contributed by atoms with Crippen molar-refractivity contribution in [2.45, 2.75) is 32.6 Å². The molecule has 120 valence electrons. The van der Waals surface area contributed by atoms with Gasteiger partial charge in [0.15, 0.2) is 5.69 Å². The van der Waals surface area contributed by atoms with Gasteiger partial charge in [0.2, 0.25) is 0 Å². The topological polar surface area (TPSA) is 52.3 Å². The first-order valence-electron chi connectivity index (χ1n) is 7.50. The highest BCUT2D eigenvalue weighted by molar-refractivity contribution is 9.10. The number of aromatic nitrogens is 1. The molecule has 0 amide bonds. The molecule has 6 heteroatoms. The highest BCUT2D eigenvalue weighted by atomic mass is 79.9. The first-order chi connectivity index (χ1) is 11.0. The minimum atomic E-state index is -0.490. The van der Waals surface area contributed by atoms with Crippen molar-refractivity contribution < 1.29 is 14.1 Å². The van der Waals surface area contributed by atoms with E-state index in [0.717, 1.165) is 28.4 Å². The van der Waals surface area contributed by atoms with E-state index in [1.165, 1.54) is 0 Å². The van der Waals surface area contributed by atoms with Crippen molar-refractivity contribution in [1.82, 2.24) is 5.16 Å². The van der Waals surface area contributed by atoms with Crippen LogP contribution < -0.4 is 0 Å². The molecule has 2 aromatic rings. The van der Waals surface area contributed by atoms with E-state index in [9.17, 15) is 4.79 Å². The fourth-order valence-corrected chi connectivity index (χ4v) is 3.40. The molecule has 0 spiro atoms. The van der Waals surface area contributed by atoms with E-state index < -0.39 is 5.97 Å². The highest BCUT2D eigenvalue weighted by Gasteiger charge is 2.36. The van der Waals surface area contributed by atoms with E-state index in [1.54, 1.807) is 6.92 Å². The average molecular weight is 394 g/mol. The summed E-state index contributed by atoms with van der Waals surface area (Å²) >= 11 is 9.13. The normalized spacial score (nSPS) is 13.9. The van der Waals surface area contributed by atoms with Crippen LogP contribution in [0, 0.1) is 6.92 Å². The second-order valence-electron chi connectivity index (χ2n) is 5.55. The third-order valence-corrected chi connectivity index (χ3v) is 4.71. The maximum Gasteiger partial charge on any atom is 0.361 e. The summed E-state index contributed by atoms with van der Waals surface area (Å²) in [5, 5.41) is 3.94. The van der Waals surface area contributed by atoms with Gasteiger partial charge in [-0.1, -0.05) is 39.4 Å². The van der Waals surface area contributed by atoms with Crippen LogP contribution in [0.3, 0.4) is 0 Å². The molecule has 0 atom stereocenters. The van der Waals surface area contributed by atoms with Crippen LogP contribution in [-0.4, -0.2) is 22.6 Å². The molecule has 3 rings (SSSR count). The van der Waals surface area contributed by atoms with Gasteiger partial charge in [-0.15, -0.1) is 0 Å². The van der Waals surface area contributed by atoms with Gasteiger partial charge in [-0.25, -0.2) is 4.79 Å². The fraction of sp³-hybridized carbons (Fsp3) is 0.353. The zero-order valence-corrected chi connectivity index (χ0v) is 15.3. The van der Waals surface area contributed by atoms with Gasteiger partial charge < -0.3 is 9.26 Å². The third kappa shape index (κ3) is 3.23. The van der Waals surface area contributed by atoms with Gasteiger partial charge in [-0.05, 0) is 49.9 Å². The Bertz CT molecular complexity index is 780. The zero-order chi connectivity index (χ0) is 16.6. The average Bonchev–Trinajstić information content (AvgIpc) is 3.25. The van der Waals surface area contributed by atoms with Crippen LogP contribution in [-0.2, 0) is 4.74 Å². The van der Waals surface area contributed by atoms with Crippen LogP contribution in [0.15, 0.2) is 27.2 Å². The third-order valence-electron chi connectivity index (χ3n) is 3.80. The molecule has 0 N–H and O–H groups in total. The molecule has 1 aromatic heterocycles. The number of ether oxygens (including phenoxy) is 1. The number of hydrogen-bond acceptors (Lipinski definition) is 5. The lowest BCUT2D eigenvalue weighted by Gasteiger charge is -2.09. The van der Waals surface area contributed by atoms with E-state index in [0.29, 0.717) is 22.1 Å². The number of rotatable bonds is 5. The second kappa shape index (κ2) is 6.53. The molecule has 0 radical (unpaired) electrons. The lowest BCUT2D eigenvalue weighted by Crippen LogP contribution is -2.13. The standard InChI is InChI=1S/C17H16BrNO3S/c1-3-21-17(20)14-13(15(22-19-14)10-4-5-10)16(23)12-7-6-11(18)8-9(12)2/h6-8,10H,3-5H2,1-2H3. The Balaban J connectivity index is 2.07. The van der Waals surface area contributed by atoms with Crippen LogP contribution in [0.5, 0.6) is 0 Å². The SMILES string of the molecule is CCOC(=O)c1noc(C2CC2)c1C(=S)c1ccc(Br)cc1C. The predicted octanol–water partition coefficient (Wildman–Crippen LogP) is 4.57. The first-order valence-corrected chi connectivity index (χ1v) is 8.70. The molecular formula is C17H16BrNO3S. The van der Waals surface area contributed by atoms with E-state index in [2.05, 4.69) is 21.1 Å². The Labute approximate surface area is 148 Å². The van der Waals surface area contributed by atoms with E-state index in [-0.39, 0.29) is 12.3 Å². The summed E-state index contributed by atoms with van der Waals surface area (Å²) in [5.41, 5.74) is 2.73. The van der Waals surface area contributed by atoms with E-state index in [4.69, 9.17) is 21.5 Å². The smallest absolute Gasteiger partial charge is 0.361 e. The molecule has 0 saturated heterocycles. The largest absolute Gasteiger partial charge is 0.461 e. The summed E-state index contributed by atoms with van der Waals surface area (Å²) in [6, 6.07) is 5.87. The minimum Gasteiger partial charge on any atom is -0.461 e. The Kier molecular flexibility index (Phi) is 4.64. The van der Waals surface area contributed by atoms with Gasteiger partial charge in [0.05, 0.1) is 17.0 Å². The number of nitrogens with zero attached hydrogens (tertiary/aromatic N) is 1. The van der Waals surface area contributed by atoms with Crippen molar-refractivity contribution in [3.63, 3.8) is 0 Å². The van der Waals surface area contributed by atoms with Crippen molar-refractivity contribution in [3.05, 3.63) is 50.8 Å². The van der Waals surface area contributed by atoms with Gasteiger partial charge in [-0.3, -0.25) is 0 Å². The number of hydrogen-bond donors (Lipinski definition) is 0. The van der Waals surface area contributed by atoms with Crippen LogP contribution in [0.1, 0.15) is 58.6 Å². The Morgan fingerprint density at radius 2 is 2.22 bits per heavy atom. The summed E-state index contributed by atoms with van der Waals surface area (Å²) in [6.45, 7) is 4.03. The van der Waals surface area contributed by atoms with Crippen molar-refractivity contribution in [2.24, 2.45) is 0 Å². The first kappa shape index (κ1) is 16.3. The van der Waals surface area contributed by atoms with Crippen molar-refractivity contribution in [1.29, 1.82) is 0 Å². The molecule has 1 heterocycles. The molecule has 4 nitrogen and oxygen atoms in total. The molecule has 0 bridgehead atoms. The Hall–Kier alpha value is -1.53. The molecule has 23 heavy (non-hydrogen) atoms. The molecule has 0 aliphatic heterocycles. The lowest BCUT2D eigenvalue weighted by molar-refractivity contribution is 0.0514. The van der Waals surface area contributed by atoms with Crippen molar-refractivity contribution in [3.8, 4) is 0 Å². The number of carbonyl (C=O) groups is 1. The summed E-state index contributed by atoms with van der Waals surface area (Å²) < 4.78 is 11.5. The number of aryl methyl sites for hydroxylation is 1. The molecule has 0 unspecified atom stereocenters. The molecule has 1 aliphatic rings. The van der Waals surface area contributed by atoms with Crippen LogP contribution in [0.2, 0.25) is 0 Å². The van der Waals surface area contributed by atoms with Gasteiger partial charge in [-0.2, -0.15) is 0 Å². The number of esters is 1. The van der Waals surface area contributed by atoms with Crippen LogP contribution in [0.25, 0.3) is 0 Å². The number of carbonyl (C=O) groups excluding carboxylic acids is 1. The Morgan fingerprint density at radius 3 is 2.83 bits per heavy atom. The second-order valence-corrected chi connectivity index (χ2v) is 6.88. The maximum atomic E-state index is 12.2. The van der Waals surface area contributed by atoms with Crippen molar-refractivity contribution in [2.75, 3.05) is 6.61 Å². The minimum absolute atomic E-state index is 0.182. The summed E-state index contributed by atoms with van der Waals surface area (Å²) in [5.74, 6) is 0.519. The van der Waals surface area contributed by atoms with Gasteiger partial charge in [0, 0.05) is 10.4 Å². The summed E-state index contributed by atoms with van der Waals surface area (Å²) in [4.78, 5) is 12.8. The lowest BCUT2D eigenvalue weighted by atomic mass is 9.97. The van der Waals surface area contributed by atoms with Gasteiger partial charge >= 0.3 is 5.97 Å². The highest BCUT2D eigenvalue weighted by Crippen LogP contribution is 2.43. The van der Waals surface area contributed by atoms with Gasteiger partial charge in [0.1, 0.15) is 5.76 Å². The van der Waals surface area contributed by atoms with Crippen LogP contribution in [0.4, 0.5) is 0 Å². The number of benzene rings is 1. The van der Waals surface area contributed by atoms with Crippen LogP contribution >= 0.6 is 28.1 Å². The zero-order valence-electron chi connectivity index (χ0n) is 12.9. The molecule has 1 aliphatic carbocycles. The quantitative estimate of drug-likeness (QED) is 0.423. The molecule has 1 aromatic carbocycles. The van der Waals surface area contributed by atoms with Crippen molar-refractivity contribution >= 4 is 39.0 Å². The fourth-order valence-electron chi connectivity index (χ4n) is 2.50. The van der Waals surface area contributed by atoms with Gasteiger partial charge in [0.25, 0.3) is 0 Å². The molecule has 1 saturated carbocycles. The van der Waals surface area contributed by atoms with E-state index in [1.807, 2.05) is 25.1 Å². The summed E-state index contributed by atoms with van der Waals surface area (Å²) in [6.07, 6.45) is 2.07. The maximum absolute atomic E-state index is 12.2. The monoisotopic (exact) mass is 393 g/mol. The molecular weight excluding hydrogens is 378 g/mol. The number of thiocarbonyl (C=S) groups is 1. The van der Waals surface area contributed by atoms with E-state index >= 15 is 0 Å².